The van der Waals surface area contributed by atoms with Crippen molar-refractivity contribution < 1.29 is 23.5 Å². The number of rotatable bonds is 5. The average molecular weight is 335 g/mol. The van der Waals surface area contributed by atoms with Gasteiger partial charge in [0.05, 0.1) is 18.6 Å². The third kappa shape index (κ3) is 3.23. The molecule has 1 aromatic carbocycles. The number of hydrogen-bond donors (Lipinski definition) is 0. The van der Waals surface area contributed by atoms with Crippen LogP contribution in [0.15, 0.2) is 30.3 Å². The molecular formula is C18H22FNO4. The van der Waals surface area contributed by atoms with Gasteiger partial charge in [-0.05, 0) is 25.3 Å². The van der Waals surface area contributed by atoms with E-state index in [0.29, 0.717) is 12.8 Å². The third-order valence-corrected chi connectivity index (χ3v) is 4.89. The fourth-order valence-corrected chi connectivity index (χ4v) is 3.38. The van der Waals surface area contributed by atoms with Gasteiger partial charge in [-0.3, -0.25) is 4.79 Å². The Balaban J connectivity index is 1.57. The minimum Gasteiger partial charge on any atom is -0.466 e. The van der Waals surface area contributed by atoms with Crippen LogP contribution in [0.25, 0.3) is 0 Å². The van der Waals surface area contributed by atoms with Gasteiger partial charge < -0.3 is 14.4 Å². The smallest absolute Gasteiger partial charge is 0.410 e. The van der Waals surface area contributed by atoms with Crippen molar-refractivity contribution in [3.8, 4) is 0 Å². The average Bonchev–Trinajstić information content (AvgIpc) is 3.30. The number of nitrogens with zero attached hydrogens (tertiary/aromatic N) is 1. The van der Waals surface area contributed by atoms with Crippen molar-refractivity contribution in [3.63, 3.8) is 0 Å². The van der Waals surface area contributed by atoms with Crippen LogP contribution in [0.5, 0.6) is 0 Å². The molecule has 0 radical (unpaired) electrons. The number of ether oxygens (including phenoxy) is 2. The molecule has 0 spiro atoms. The Labute approximate surface area is 140 Å². The monoisotopic (exact) mass is 335 g/mol. The zero-order valence-corrected chi connectivity index (χ0v) is 13.7. The lowest BCUT2D eigenvalue weighted by molar-refractivity contribution is -0.152. The van der Waals surface area contributed by atoms with Crippen LogP contribution in [0, 0.1) is 11.3 Å². The summed E-state index contributed by atoms with van der Waals surface area (Å²) >= 11 is 0. The zero-order valence-electron chi connectivity index (χ0n) is 13.7. The molecule has 2 atom stereocenters. The molecule has 1 saturated carbocycles. The van der Waals surface area contributed by atoms with E-state index in [4.69, 9.17) is 9.47 Å². The molecule has 0 N–H and O–H groups in total. The van der Waals surface area contributed by atoms with Gasteiger partial charge in [0, 0.05) is 12.5 Å². The molecule has 1 aliphatic heterocycles. The van der Waals surface area contributed by atoms with E-state index in [9.17, 15) is 14.0 Å². The number of esters is 1. The number of alkyl halides is 1. The van der Waals surface area contributed by atoms with Crippen molar-refractivity contribution >= 4 is 12.1 Å². The fraction of sp³-hybridized carbons (Fsp3) is 0.556. The zero-order chi connectivity index (χ0) is 17.2. The normalized spacial score (nSPS) is 24.5. The molecule has 3 rings (SSSR count). The summed E-state index contributed by atoms with van der Waals surface area (Å²) in [5.41, 5.74) is 0.132. The summed E-state index contributed by atoms with van der Waals surface area (Å²) in [5.74, 6) is -0.835. The number of benzene rings is 1. The summed E-state index contributed by atoms with van der Waals surface area (Å²) in [7, 11) is 0. The van der Waals surface area contributed by atoms with Gasteiger partial charge in [0.25, 0.3) is 0 Å². The highest BCUT2D eigenvalue weighted by molar-refractivity contribution is 5.81. The van der Waals surface area contributed by atoms with Crippen LogP contribution in [0.4, 0.5) is 9.18 Å². The largest absolute Gasteiger partial charge is 0.466 e. The predicted octanol–water partition coefficient (Wildman–Crippen LogP) is 2.94. The first-order valence-electron chi connectivity index (χ1n) is 8.34. The van der Waals surface area contributed by atoms with E-state index in [2.05, 4.69) is 0 Å². The highest BCUT2D eigenvalue weighted by atomic mass is 19.1. The van der Waals surface area contributed by atoms with Crippen molar-refractivity contribution in [2.75, 3.05) is 19.7 Å². The molecule has 1 aliphatic carbocycles. The van der Waals surface area contributed by atoms with Gasteiger partial charge in [0.1, 0.15) is 12.8 Å². The summed E-state index contributed by atoms with van der Waals surface area (Å²) < 4.78 is 24.8. The Kier molecular flexibility index (Phi) is 4.73. The summed E-state index contributed by atoms with van der Waals surface area (Å²) in [6.07, 6.45) is -0.502. The van der Waals surface area contributed by atoms with Gasteiger partial charge in [-0.1, -0.05) is 30.3 Å². The molecule has 130 valence electrons. The molecular weight excluding hydrogens is 313 g/mol. The second-order valence-electron chi connectivity index (χ2n) is 6.44. The second kappa shape index (κ2) is 6.79. The van der Waals surface area contributed by atoms with E-state index in [0.717, 1.165) is 5.56 Å². The van der Waals surface area contributed by atoms with Crippen molar-refractivity contribution in [1.29, 1.82) is 0 Å². The summed E-state index contributed by atoms with van der Waals surface area (Å²) in [5, 5.41) is 0. The maximum absolute atomic E-state index is 14.4. The number of hydrogen-bond acceptors (Lipinski definition) is 4. The van der Waals surface area contributed by atoms with Crippen molar-refractivity contribution in [2.24, 2.45) is 11.3 Å². The lowest BCUT2D eigenvalue weighted by Crippen LogP contribution is -2.34. The Morgan fingerprint density at radius 2 is 1.92 bits per heavy atom. The van der Waals surface area contributed by atoms with Crippen LogP contribution in [-0.4, -0.2) is 42.8 Å². The molecule has 1 heterocycles. The topological polar surface area (TPSA) is 55.8 Å². The minimum atomic E-state index is -1.22. The van der Waals surface area contributed by atoms with Gasteiger partial charge in [-0.25, -0.2) is 9.18 Å². The van der Waals surface area contributed by atoms with E-state index in [1.165, 1.54) is 4.90 Å². The lowest BCUT2D eigenvalue weighted by Gasteiger charge is -2.22. The lowest BCUT2D eigenvalue weighted by atomic mass is 9.87. The number of likely N-dealkylation sites (tertiary alicyclic amines) is 1. The number of carbonyl (C=O) groups excluding carboxylic acids is 2. The Morgan fingerprint density at radius 3 is 2.54 bits per heavy atom. The van der Waals surface area contributed by atoms with Crippen LogP contribution < -0.4 is 0 Å². The molecule has 1 aromatic rings. The first-order valence-corrected chi connectivity index (χ1v) is 8.34. The molecule has 1 amide bonds. The van der Waals surface area contributed by atoms with Gasteiger partial charge in [-0.2, -0.15) is 0 Å². The SMILES string of the molecule is CCOC(=O)C1([C@@H]2CN(C(=O)OCc3ccccc3)C[C@H]2F)CC1. The molecule has 2 fully saturated rings. The number of carbonyl (C=O) groups is 2. The van der Waals surface area contributed by atoms with Crippen molar-refractivity contribution in [3.05, 3.63) is 35.9 Å². The molecule has 24 heavy (non-hydrogen) atoms. The van der Waals surface area contributed by atoms with Gasteiger partial charge in [0.2, 0.25) is 0 Å². The summed E-state index contributed by atoms with van der Waals surface area (Å²) in [4.78, 5) is 25.7. The Hall–Kier alpha value is -2.11. The standard InChI is InChI=1S/C18H22FNO4/c1-2-23-16(21)18(8-9-18)14-10-20(11-15(14)19)17(22)24-12-13-6-4-3-5-7-13/h3-7,14-15H,2,8-12H2,1H3/t14-,15-/m1/s1. The van der Waals surface area contributed by atoms with Crippen LogP contribution in [0.3, 0.4) is 0 Å². The summed E-state index contributed by atoms with van der Waals surface area (Å²) in [6, 6.07) is 9.33. The molecule has 0 aromatic heterocycles. The number of amides is 1. The summed E-state index contributed by atoms with van der Waals surface area (Å²) in [6.45, 7) is 2.35. The molecule has 0 bridgehead atoms. The fourth-order valence-electron chi connectivity index (χ4n) is 3.38. The van der Waals surface area contributed by atoms with E-state index >= 15 is 0 Å². The highest BCUT2D eigenvalue weighted by Gasteiger charge is 2.61. The van der Waals surface area contributed by atoms with Crippen molar-refractivity contribution in [1.82, 2.24) is 4.90 Å². The number of halogens is 1. The second-order valence-corrected chi connectivity index (χ2v) is 6.44. The van der Waals surface area contributed by atoms with Gasteiger partial charge in [-0.15, -0.1) is 0 Å². The Bertz CT molecular complexity index is 602. The first-order chi connectivity index (χ1) is 11.6. The van der Waals surface area contributed by atoms with E-state index in [1.807, 2.05) is 30.3 Å². The quantitative estimate of drug-likeness (QED) is 0.777. The van der Waals surface area contributed by atoms with Crippen LogP contribution in [-0.2, 0) is 20.9 Å². The van der Waals surface area contributed by atoms with E-state index in [1.54, 1.807) is 6.92 Å². The first kappa shape index (κ1) is 16.7. The molecule has 0 unspecified atom stereocenters. The van der Waals surface area contributed by atoms with Crippen LogP contribution >= 0.6 is 0 Å². The molecule has 2 aliphatic rings. The molecule has 6 heteroatoms. The third-order valence-electron chi connectivity index (χ3n) is 4.89. The molecule has 1 saturated heterocycles. The van der Waals surface area contributed by atoms with E-state index in [-0.39, 0.29) is 32.3 Å². The highest BCUT2D eigenvalue weighted by Crippen LogP contribution is 2.56. The van der Waals surface area contributed by atoms with Crippen LogP contribution in [0.1, 0.15) is 25.3 Å². The Morgan fingerprint density at radius 1 is 1.21 bits per heavy atom. The minimum absolute atomic E-state index is 0.0283. The molecule has 5 nitrogen and oxygen atoms in total. The maximum Gasteiger partial charge on any atom is 0.410 e. The van der Waals surface area contributed by atoms with Crippen molar-refractivity contribution in [2.45, 2.75) is 32.5 Å². The van der Waals surface area contributed by atoms with Gasteiger partial charge in [0.15, 0.2) is 0 Å². The van der Waals surface area contributed by atoms with Gasteiger partial charge >= 0.3 is 12.1 Å². The van der Waals surface area contributed by atoms with Crippen LogP contribution in [0.2, 0.25) is 0 Å². The predicted molar refractivity (Wildman–Crippen MR) is 84.9 cm³/mol. The van der Waals surface area contributed by atoms with E-state index < -0.39 is 23.6 Å². The maximum atomic E-state index is 14.4.